The van der Waals surface area contributed by atoms with Crippen LogP contribution in [0.25, 0.3) is 0 Å². The van der Waals surface area contributed by atoms with Crippen LogP contribution in [0.5, 0.6) is 0 Å². The number of rotatable bonds is 49. The second kappa shape index (κ2) is 49.9. The van der Waals surface area contributed by atoms with Gasteiger partial charge in [-0.05, 0) is 89.9 Å². The first-order valence-electron chi connectivity index (χ1n) is 27.6. The molecule has 0 bridgehead atoms. The van der Waals surface area contributed by atoms with Gasteiger partial charge in [0.1, 0.15) is 6.61 Å². The molecule has 0 fully saturated rings. The van der Waals surface area contributed by atoms with Crippen molar-refractivity contribution in [2.75, 3.05) is 41.0 Å². The Bertz CT molecular complexity index is 1380. The molecule has 0 aromatic carbocycles. The number of nitrogens with zero attached hydrogens (tertiary/aromatic N) is 1. The predicted molar refractivity (Wildman–Crippen MR) is 289 cm³/mol. The van der Waals surface area contributed by atoms with Crippen molar-refractivity contribution in [3.63, 3.8) is 0 Å². The highest BCUT2D eigenvalue weighted by atomic mass is 16.6. The topological polar surface area (TPSA) is 99.1 Å². The van der Waals surface area contributed by atoms with Gasteiger partial charge in [0, 0.05) is 19.3 Å². The van der Waals surface area contributed by atoms with E-state index in [2.05, 4.69) is 98.9 Å². The Labute approximate surface area is 418 Å². The third kappa shape index (κ3) is 47.6. The minimum absolute atomic E-state index is 0.0490. The molecule has 68 heavy (non-hydrogen) atoms. The van der Waals surface area contributed by atoms with Gasteiger partial charge in [0.25, 0.3) is 0 Å². The van der Waals surface area contributed by atoms with Crippen molar-refractivity contribution in [1.29, 1.82) is 0 Å². The van der Waals surface area contributed by atoms with Crippen molar-refractivity contribution in [2.45, 2.75) is 238 Å². The fraction of sp³-hybridized carbons (Fsp3) is 0.717. The van der Waals surface area contributed by atoms with Gasteiger partial charge >= 0.3 is 17.9 Å². The summed E-state index contributed by atoms with van der Waals surface area (Å²) in [5.74, 6) is -1.50. The van der Waals surface area contributed by atoms with E-state index < -0.39 is 18.1 Å². The molecule has 0 rings (SSSR count). The summed E-state index contributed by atoms with van der Waals surface area (Å²) < 4.78 is 17.4. The molecule has 390 valence electrons. The van der Waals surface area contributed by atoms with Gasteiger partial charge < -0.3 is 23.8 Å². The molecule has 0 heterocycles. The van der Waals surface area contributed by atoms with Gasteiger partial charge in [-0.15, -0.1) is 0 Å². The number of carboxylic acid groups (broad SMARTS) is 1. The van der Waals surface area contributed by atoms with E-state index >= 15 is 0 Å². The fourth-order valence-electron chi connectivity index (χ4n) is 7.80. The number of carbonyl (C=O) groups excluding carboxylic acids is 2. The van der Waals surface area contributed by atoms with Crippen molar-refractivity contribution >= 4 is 17.9 Å². The van der Waals surface area contributed by atoms with E-state index in [1.54, 1.807) is 0 Å². The SMILES string of the molecule is CC/C=C/C/C=C/C/C=C/C/C=C/C/C=C/CCCCCCCCC(=O)OCC(COCCC(C(=O)O)[N+](C)(C)C)OC(=O)CCCCCCCCC/C=C/C/C=C/CCCCCCCCCC. The van der Waals surface area contributed by atoms with Crippen LogP contribution in [-0.4, -0.2) is 80.6 Å². The number of ether oxygens (including phenoxy) is 3. The summed E-state index contributed by atoms with van der Waals surface area (Å²) in [6, 6.07) is -0.624. The van der Waals surface area contributed by atoms with E-state index in [1.165, 1.54) is 96.3 Å². The number of likely N-dealkylation sites (N-methyl/N-ethyl adjacent to an activating group) is 1. The maximum atomic E-state index is 12.8. The summed E-state index contributed by atoms with van der Waals surface area (Å²) in [7, 11) is 5.53. The minimum Gasteiger partial charge on any atom is -0.477 e. The Morgan fingerprint density at radius 3 is 1.22 bits per heavy atom. The zero-order chi connectivity index (χ0) is 49.9. The second-order valence-electron chi connectivity index (χ2n) is 19.5. The highest BCUT2D eigenvalue weighted by Gasteiger charge is 2.31. The lowest BCUT2D eigenvalue weighted by Gasteiger charge is -2.31. The lowest BCUT2D eigenvalue weighted by atomic mass is 10.1. The van der Waals surface area contributed by atoms with Gasteiger partial charge in [0.05, 0.1) is 34.4 Å². The number of carbonyl (C=O) groups is 3. The molecule has 0 saturated heterocycles. The summed E-state index contributed by atoms with van der Waals surface area (Å²) in [6.07, 6.45) is 66.4. The van der Waals surface area contributed by atoms with E-state index in [1.807, 2.05) is 21.1 Å². The first kappa shape index (κ1) is 64.5. The molecule has 1 N–H and O–H groups in total. The Morgan fingerprint density at radius 2 is 0.824 bits per heavy atom. The lowest BCUT2D eigenvalue weighted by Crippen LogP contribution is -2.50. The Hall–Kier alpha value is -3.49. The van der Waals surface area contributed by atoms with Crippen molar-refractivity contribution in [2.24, 2.45) is 0 Å². The molecule has 8 heteroatoms. The molecule has 2 atom stereocenters. The number of esters is 2. The predicted octanol–water partition coefficient (Wildman–Crippen LogP) is 16.4. The number of unbranched alkanes of at least 4 members (excludes halogenated alkanes) is 21. The molecule has 0 aliphatic heterocycles. The van der Waals surface area contributed by atoms with E-state index in [9.17, 15) is 19.5 Å². The van der Waals surface area contributed by atoms with E-state index in [0.717, 1.165) is 96.3 Å². The third-order valence-electron chi connectivity index (χ3n) is 12.0. The van der Waals surface area contributed by atoms with Crippen LogP contribution in [0, 0.1) is 0 Å². The summed E-state index contributed by atoms with van der Waals surface area (Å²) in [5.41, 5.74) is 0. The van der Waals surface area contributed by atoms with Gasteiger partial charge in [0.15, 0.2) is 12.1 Å². The van der Waals surface area contributed by atoms with Gasteiger partial charge in [-0.1, -0.05) is 202 Å². The smallest absolute Gasteiger partial charge is 0.362 e. The Kier molecular flexibility index (Phi) is 47.4. The third-order valence-corrected chi connectivity index (χ3v) is 12.0. The number of carboxylic acids is 1. The number of hydrogen-bond donors (Lipinski definition) is 1. The van der Waals surface area contributed by atoms with Crippen LogP contribution in [0.2, 0.25) is 0 Å². The lowest BCUT2D eigenvalue weighted by molar-refractivity contribution is -0.887. The van der Waals surface area contributed by atoms with Gasteiger partial charge in [0.2, 0.25) is 0 Å². The van der Waals surface area contributed by atoms with Gasteiger partial charge in [-0.2, -0.15) is 0 Å². The first-order chi connectivity index (χ1) is 33.1. The Morgan fingerprint density at radius 1 is 0.456 bits per heavy atom. The molecule has 0 aromatic heterocycles. The van der Waals surface area contributed by atoms with Gasteiger partial charge in [-0.3, -0.25) is 9.59 Å². The monoisotopic (exact) mass is 951 g/mol. The summed E-state index contributed by atoms with van der Waals surface area (Å²) in [4.78, 5) is 37.3. The van der Waals surface area contributed by atoms with Crippen molar-refractivity contribution in [1.82, 2.24) is 0 Å². The molecule has 0 amide bonds. The molecule has 0 aliphatic rings. The van der Waals surface area contributed by atoms with Crippen LogP contribution in [0.3, 0.4) is 0 Å². The molecular formula is C60H104NO7+. The molecule has 0 saturated carbocycles. The van der Waals surface area contributed by atoms with Crippen LogP contribution in [-0.2, 0) is 28.6 Å². The summed E-state index contributed by atoms with van der Waals surface area (Å²) >= 11 is 0. The Balaban J connectivity index is 4.27. The second-order valence-corrected chi connectivity index (χ2v) is 19.5. The maximum Gasteiger partial charge on any atom is 0.362 e. The van der Waals surface area contributed by atoms with Crippen molar-refractivity contribution < 1.29 is 38.2 Å². The maximum absolute atomic E-state index is 12.8. The highest BCUT2D eigenvalue weighted by Crippen LogP contribution is 2.15. The quantitative estimate of drug-likeness (QED) is 0.0281. The first-order valence-corrected chi connectivity index (χ1v) is 27.6. The molecule has 0 aliphatic carbocycles. The number of hydrogen-bond acceptors (Lipinski definition) is 6. The zero-order valence-electron chi connectivity index (χ0n) is 44.5. The highest BCUT2D eigenvalue weighted by molar-refractivity contribution is 5.72. The van der Waals surface area contributed by atoms with E-state index in [0.29, 0.717) is 19.3 Å². The van der Waals surface area contributed by atoms with E-state index in [-0.39, 0.29) is 36.2 Å². The van der Waals surface area contributed by atoms with Crippen molar-refractivity contribution in [3.8, 4) is 0 Å². The number of quaternary nitrogens is 1. The fourth-order valence-corrected chi connectivity index (χ4v) is 7.80. The summed E-state index contributed by atoms with van der Waals surface area (Å²) in [5, 5.41) is 9.67. The number of aliphatic carboxylic acids is 1. The molecule has 0 aromatic rings. The molecule has 8 nitrogen and oxygen atoms in total. The van der Waals surface area contributed by atoms with Gasteiger partial charge in [-0.25, -0.2) is 4.79 Å². The average molecular weight is 951 g/mol. The van der Waals surface area contributed by atoms with Crippen LogP contribution in [0.15, 0.2) is 85.1 Å². The standard InChI is InChI=1S/C60H103NO7/c1-6-8-10-12-14-16-18-20-22-24-26-28-30-32-34-36-38-40-42-44-46-48-50-58(62)67-55-56(54-66-53-52-57(60(64)65)61(3,4)5)68-59(63)51-49-47-45-43-41-39-37-35-33-31-29-27-25-23-21-19-17-15-13-11-9-7-2/h8,10,14,16,20,22,25-28,31-34,56-57H,6-7,9,11-13,15,17-19,21,23-24,29-30,35-55H2,1-5H3/p+1/b10-8+,16-14+,22-20+,27-25+,28-26+,33-31+,34-32+. The van der Waals surface area contributed by atoms with Crippen LogP contribution < -0.4 is 0 Å². The normalized spacial score (nSPS) is 13.5. The minimum atomic E-state index is -0.880. The molecular weight excluding hydrogens is 847 g/mol. The zero-order valence-corrected chi connectivity index (χ0v) is 44.5. The molecule has 0 spiro atoms. The van der Waals surface area contributed by atoms with Crippen LogP contribution in [0.1, 0.15) is 226 Å². The number of allylic oxidation sites excluding steroid dienone is 14. The molecule has 0 radical (unpaired) electrons. The summed E-state index contributed by atoms with van der Waals surface area (Å²) in [6.45, 7) is 4.61. The van der Waals surface area contributed by atoms with E-state index in [4.69, 9.17) is 14.2 Å². The molecule has 2 unspecified atom stereocenters. The van der Waals surface area contributed by atoms with Crippen molar-refractivity contribution in [3.05, 3.63) is 85.1 Å². The van der Waals surface area contributed by atoms with Crippen LogP contribution >= 0.6 is 0 Å². The average Bonchev–Trinajstić information content (AvgIpc) is 3.30. The van der Waals surface area contributed by atoms with Crippen LogP contribution in [0.4, 0.5) is 0 Å². The largest absolute Gasteiger partial charge is 0.477 e.